The van der Waals surface area contributed by atoms with Crippen molar-refractivity contribution in [1.82, 2.24) is 26.2 Å². The maximum atomic E-state index is 13.9. The Hall–Kier alpha value is -3.70. The largest absolute Gasteiger partial charge is 0.497 e. The Balaban J connectivity index is 1.34. The fourth-order valence-electron chi connectivity index (χ4n) is 5.91. The average Bonchev–Trinajstić information content (AvgIpc) is 3.46. The van der Waals surface area contributed by atoms with Crippen molar-refractivity contribution in [2.45, 2.75) is 76.2 Å². The van der Waals surface area contributed by atoms with E-state index in [2.05, 4.69) is 21.3 Å². The molecule has 6 N–H and O–H groups in total. The van der Waals surface area contributed by atoms with E-state index in [-0.39, 0.29) is 29.7 Å². The second kappa shape index (κ2) is 15.7. The van der Waals surface area contributed by atoms with E-state index in [9.17, 15) is 14.4 Å². The highest BCUT2D eigenvalue weighted by Crippen LogP contribution is 2.36. The molecule has 4 rings (SSSR count). The van der Waals surface area contributed by atoms with Crippen molar-refractivity contribution in [3.8, 4) is 5.75 Å². The zero-order valence-corrected chi connectivity index (χ0v) is 25.8. The predicted molar refractivity (Wildman–Crippen MR) is 170 cm³/mol. The van der Waals surface area contributed by atoms with Gasteiger partial charge in [0.05, 0.1) is 13.2 Å². The van der Waals surface area contributed by atoms with Gasteiger partial charge in [0.1, 0.15) is 17.8 Å². The summed E-state index contributed by atoms with van der Waals surface area (Å²) >= 11 is 5.45. The third-order valence-electron chi connectivity index (χ3n) is 8.41. The third-order valence-corrected chi connectivity index (χ3v) is 8.70. The van der Waals surface area contributed by atoms with Gasteiger partial charge in [-0.05, 0) is 79.9 Å². The highest BCUT2D eigenvalue weighted by Gasteiger charge is 2.49. The number of thiocarbonyl (C=S) groups is 1. The van der Waals surface area contributed by atoms with E-state index >= 15 is 0 Å². The molecule has 232 valence electrons. The zero-order chi connectivity index (χ0) is 30.8. The highest BCUT2D eigenvalue weighted by molar-refractivity contribution is 7.80. The number of hydrogen-bond donors (Lipinski definition) is 5. The van der Waals surface area contributed by atoms with Crippen molar-refractivity contribution in [2.75, 3.05) is 20.2 Å². The van der Waals surface area contributed by atoms with Crippen LogP contribution < -0.4 is 31.7 Å². The first-order chi connectivity index (χ1) is 20.8. The van der Waals surface area contributed by atoms with Gasteiger partial charge in [-0.1, -0.05) is 49.4 Å². The fraction of sp³-hybridized carbons (Fsp3) is 0.500. The fourth-order valence-corrected chi connectivity index (χ4v) is 6.09. The van der Waals surface area contributed by atoms with Crippen LogP contribution in [0.5, 0.6) is 5.75 Å². The van der Waals surface area contributed by atoms with Crippen molar-refractivity contribution in [3.05, 3.63) is 65.7 Å². The minimum Gasteiger partial charge on any atom is -0.497 e. The summed E-state index contributed by atoms with van der Waals surface area (Å²) in [4.78, 5) is 41.7. The molecule has 11 heteroatoms. The number of amides is 3. The smallest absolute Gasteiger partial charge is 0.246 e. The number of piperidine rings is 1. The lowest BCUT2D eigenvalue weighted by Crippen LogP contribution is -2.63. The number of methoxy groups -OCH3 is 1. The van der Waals surface area contributed by atoms with Crippen LogP contribution in [0.1, 0.15) is 50.2 Å². The Bertz CT molecular complexity index is 1240. The maximum Gasteiger partial charge on any atom is 0.246 e. The van der Waals surface area contributed by atoms with Gasteiger partial charge in [-0.3, -0.25) is 14.4 Å². The molecule has 10 nitrogen and oxygen atoms in total. The molecule has 2 fully saturated rings. The summed E-state index contributed by atoms with van der Waals surface area (Å²) in [7, 11) is 1.63. The molecular formula is C32H44N6O4S. The molecule has 1 unspecified atom stereocenters. The molecular weight excluding hydrogens is 564 g/mol. The summed E-state index contributed by atoms with van der Waals surface area (Å²) in [6.45, 7) is 3.46. The van der Waals surface area contributed by atoms with E-state index in [1.54, 1.807) is 12.0 Å². The van der Waals surface area contributed by atoms with Crippen molar-refractivity contribution in [1.29, 1.82) is 0 Å². The van der Waals surface area contributed by atoms with Crippen LogP contribution in [0, 0.1) is 5.92 Å². The van der Waals surface area contributed by atoms with Gasteiger partial charge in [-0.2, -0.15) is 0 Å². The number of nitrogens with two attached hydrogens (primary N) is 1. The number of rotatable bonds is 13. The first-order valence-corrected chi connectivity index (χ1v) is 15.6. The standard InChI is InChI=1S/C32H44N6O4S/c1-3-26(33)29(39)37-28-23(16-18-35-32(43)36-20-22-7-5-4-6-8-22)19-24-11-14-27(38(24)31(28)41)30(40)34-17-15-21-9-12-25(42-2)13-10-21/h4-10,12-13,23-24,26-28H,3,11,14-20,33H2,1-2H3,(H,34,40)(H,37,39)(H2,35,36,43)/t23-,24?,26-,27-,28-/m0/s1. The van der Waals surface area contributed by atoms with Crippen molar-refractivity contribution < 1.29 is 19.1 Å². The minimum absolute atomic E-state index is 0.0500. The topological polar surface area (TPSA) is 138 Å². The summed E-state index contributed by atoms with van der Waals surface area (Å²) in [5.74, 6) is -0.0448. The number of fused-ring (bicyclic) bond motifs is 1. The van der Waals surface area contributed by atoms with Gasteiger partial charge >= 0.3 is 0 Å². The lowest BCUT2D eigenvalue weighted by Gasteiger charge is -2.42. The molecule has 0 saturated carbocycles. The van der Waals surface area contributed by atoms with Gasteiger partial charge < -0.3 is 36.6 Å². The van der Waals surface area contributed by atoms with E-state index < -0.39 is 18.1 Å². The van der Waals surface area contributed by atoms with Gasteiger partial charge in [0, 0.05) is 25.7 Å². The third kappa shape index (κ3) is 8.67. The molecule has 3 amide bonds. The summed E-state index contributed by atoms with van der Waals surface area (Å²) in [6.07, 6.45) is 3.81. The zero-order valence-electron chi connectivity index (χ0n) is 25.0. The van der Waals surface area contributed by atoms with Gasteiger partial charge in [-0.15, -0.1) is 0 Å². The maximum absolute atomic E-state index is 13.9. The number of hydrogen-bond acceptors (Lipinski definition) is 6. The van der Waals surface area contributed by atoms with Gasteiger partial charge in [0.15, 0.2) is 5.11 Å². The molecule has 0 radical (unpaired) electrons. The Kier molecular flexibility index (Phi) is 11.7. The van der Waals surface area contributed by atoms with Crippen LogP contribution in [-0.4, -0.2) is 72.1 Å². The molecule has 2 aromatic carbocycles. The first-order valence-electron chi connectivity index (χ1n) is 15.1. The highest BCUT2D eigenvalue weighted by atomic mass is 32.1. The van der Waals surface area contributed by atoms with Crippen molar-refractivity contribution in [3.63, 3.8) is 0 Å². The normalized spacial score (nSPS) is 21.8. The number of carbonyl (C=O) groups excluding carboxylic acids is 3. The molecule has 2 aliphatic heterocycles. The average molecular weight is 609 g/mol. The molecule has 0 bridgehead atoms. The number of nitrogens with zero attached hydrogens (tertiary/aromatic N) is 1. The van der Waals surface area contributed by atoms with Crippen molar-refractivity contribution >= 4 is 35.1 Å². The summed E-state index contributed by atoms with van der Waals surface area (Å²) in [6, 6.07) is 15.7. The first kappa shape index (κ1) is 32.2. The quantitative estimate of drug-likeness (QED) is 0.218. The lowest BCUT2D eigenvalue weighted by atomic mass is 9.83. The summed E-state index contributed by atoms with van der Waals surface area (Å²) in [5.41, 5.74) is 8.21. The Morgan fingerprint density at radius 2 is 1.77 bits per heavy atom. The van der Waals surface area contributed by atoms with Gasteiger partial charge in [0.2, 0.25) is 17.7 Å². The van der Waals surface area contributed by atoms with Crippen LogP contribution in [0.25, 0.3) is 0 Å². The molecule has 0 aromatic heterocycles. The molecule has 0 aliphatic carbocycles. The van der Waals surface area contributed by atoms with Gasteiger partial charge in [-0.25, -0.2) is 0 Å². The van der Waals surface area contributed by atoms with Crippen molar-refractivity contribution in [2.24, 2.45) is 11.7 Å². The van der Waals surface area contributed by atoms with Crippen LogP contribution in [0.3, 0.4) is 0 Å². The van der Waals surface area contributed by atoms with E-state index in [0.717, 1.165) is 23.3 Å². The van der Waals surface area contributed by atoms with E-state index in [4.69, 9.17) is 22.7 Å². The molecule has 0 spiro atoms. The summed E-state index contributed by atoms with van der Waals surface area (Å²) < 4.78 is 5.20. The lowest BCUT2D eigenvalue weighted by molar-refractivity contribution is -0.148. The number of carbonyl (C=O) groups is 3. The molecule has 2 saturated heterocycles. The molecule has 43 heavy (non-hydrogen) atoms. The van der Waals surface area contributed by atoms with Crippen LogP contribution in [0.2, 0.25) is 0 Å². The monoisotopic (exact) mass is 608 g/mol. The second-order valence-corrected chi connectivity index (χ2v) is 11.7. The number of ether oxygens (including phenoxy) is 1. The van der Waals surface area contributed by atoms with Crippen LogP contribution in [0.4, 0.5) is 0 Å². The number of nitrogens with one attached hydrogen (secondary N) is 4. The number of benzene rings is 2. The van der Waals surface area contributed by atoms with E-state index in [0.29, 0.717) is 56.9 Å². The molecule has 5 atom stereocenters. The Morgan fingerprint density at radius 1 is 1.02 bits per heavy atom. The SMILES string of the molecule is CC[C@H](N)C(=O)N[C@@H]1C(=O)N2C(CC[C@H]2C(=O)NCCc2ccc(OC)cc2)C[C@@H]1CCNC(=S)NCc1ccccc1. The Labute approximate surface area is 259 Å². The second-order valence-electron chi connectivity index (χ2n) is 11.3. The van der Waals surface area contributed by atoms with E-state index in [1.807, 2.05) is 61.5 Å². The van der Waals surface area contributed by atoms with Crippen LogP contribution in [-0.2, 0) is 27.3 Å². The van der Waals surface area contributed by atoms with Gasteiger partial charge in [0.25, 0.3) is 0 Å². The summed E-state index contributed by atoms with van der Waals surface area (Å²) in [5, 5.41) is 12.9. The molecule has 2 aromatic rings. The Morgan fingerprint density at radius 3 is 2.47 bits per heavy atom. The van der Waals surface area contributed by atoms with Crippen LogP contribution >= 0.6 is 12.2 Å². The predicted octanol–water partition coefficient (Wildman–Crippen LogP) is 2.01. The van der Waals surface area contributed by atoms with E-state index in [1.165, 1.54) is 0 Å². The molecule has 2 aliphatic rings. The van der Waals surface area contributed by atoms with Crippen LogP contribution in [0.15, 0.2) is 54.6 Å². The molecule has 2 heterocycles. The minimum atomic E-state index is -0.748.